The van der Waals surface area contributed by atoms with Crippen molar-refractivity contribution < 1.29 is 13.9 Å². The van der Waals surface area contributed by atoms with Gasteiger partial charge in [0.05, 0.1) is 28.9 Å². The van der Waals surface area contributed by atoms with E-state index in [0.717, 1.165) is 11.0 Å². The quantitative estimate of drug-likeness (QED) is 0.595. The minimum atomic E-state index is -0.304. The molecule has 2 heterocycles. The minimum Gasteiger partial charge on any atom is -0.372 e. The van der Waals surface area contributed by atoms with Crippen LogP contribution >= 0.6 is 0 Å². The molecule has 0 spiro atoms. The summed E-state index contributed by atoms with van der Waals surface area (Å²) >= 11 is 0. The molecule has 1 N–H and O–H groups in total. The zero-order chi connectivity index (χ0) is 23.5. The number of benzene rings is 2. The second-order valence-electron chi connectivity index (χ2n) is 8.64. The van der Waals surface area contributed by atoms with Crippen molar-refractivity contribution in [3.8, 4) is 0 Å². The lowest BCUT2D eigenvalue weighted by Crippen LogP contribution is -2.45. The Bertz CT molecular complexity index is 1190. The molecule has 33 heavy (non-hydrogen) atoms. The van der Waals surface area contributed by atoms with Crippen LogP contribution in [0.15, 0.2) is 47.3 Å². The van der Waals surface area contributed by atoms with Crippen molar-refractivity contribution in [2.75, 3.05) is 18.0 Å². The van der Waals surface area contributed by atoms with Gasteiger partial charge >= 0.3 is 5.69 Å². The van der Waals surface area contributed by atoms with Crippen molar-refractivity contribution in [1.29, 1.82) is 0 Å². The molecule has 0 radical (unpaired) electrons. The molecule has 2 atom stereocenters. The molecule has 176 valence electrons. The van der Waals surface area contributed by atoms with Crippen molar-refractivity contribution in [3.63, 3.8) is 0 Å². The maximum absolute atomic E-state index is 14.8. The van der Waals surface area contributed by atoms with E-state index in [1.165, 1.54) is 6.07 Å². The van der Waals surface area contributed by atoms with Gasteiger partial charge in [-0.05, 0) is 50.6 Å². The fraction of sp³-hybridized carbons (Fsp3) is 0.440. The third-order valence-corrected chi connectivity index (χ3v) is 6.07. The number of hydrogen-bond acceptors (Lipinski definition) is 4. The van der Waals surface area contributed by atoms with Crippen LogP contribution in [0.25, 0.3) is 11.0 Å². The van der Waals surface area contributed by atoms with Crippen LogP contribution in [0.3, 0.4) is 0 Å². The number of nitrogens with one attached hydrogen (secondary N) is 1. The summed E-state index contributed by atoms with van der Waals surface area (Å²) in [6.45, 7) is 8.28. The first-order valence-corrected chi connectivity index (χ1v) is 11.5. The third kappa shape index (κ3) is 4.95. The molecular formula is C25H31FN4O3. The molecule has 3 aromatic rings. The van der Waals surface area contributed by atoms with Crippen LogP contribution in [0, 0.1) is 5.82 Å². The first kappa shape index (κ1) is 23.0. The summed E-state index contributed by atoms with van der Waals surface area (Å²) in [6, 6.07) is 12.7. The summed E-state index contributed by atoms with van der Waals surface area (Å²) in [4.78, 5) is 27.1. The summed E-state index contributed by atoms with van der Waals surface area (Å²) in [5.41, 5.74) is 2.82. The number of hydrogen-bond donors (Lipinski definition) is 1. The van der Waals surface area contributed by atoms with E-state index in [1.807, 2.05) is 56.0 Å². The van der Waals surface area contributed by atoms with Crippen LogP contribution in [-0.4, -0.2) is 40.3 Å². The predicted octanol–water partition coefficient (Wildman–Crippen LogP) is 3.28. The smallest absolute Gasteiger partial charge is 0.329 e. The Morgan fingerprint density at radius 3 is 2.39 bits per heavy atom. The number of para-hydroxylation sites is 2. The number of ether oxygens (including phenoxy) is 1. The molecule has 0 aliphatic carbocycles. The molecule has 2 unspecified atom stereocenters. The molecule has 0 saturated carbocycles. The molecule has 1 fully saturated rings. The number of aromatic nitrogens is 2. The van der Waals surface area contributed by atoms with Crippen LogP contribution in [0.4, 0.5) is 10.1 Å². The van der Waals surface area contributed by atoms with Crippen molar-refractivity contribution >= 4 is 22.6 Å². The van der Waals surface area contributed by atoms with Crippen molar-refractivity contribution in [2.24, 2.45) is 0 Å². The normalized spacial score (nSPS) is 18.6. The van der Waals surface area contributed by atoms with E-state index < -0.39 is 0 Å². The lowest BCUT2D eigenvalue weighted by molar-refractivity contribution is -0.121. The fourth-order valence-electron chi connectivity index (χ4n) is 4.59. The average Bonchev–Trinajstić information content (AvgIpc) is 3.06. The molecule has 1 saturated heterocycles. The summed E-state index contributed by atoms with van der Waals surface area (Å²) < 4.78 is 23.8. The Kier molecular flexibility index (Phi) is 6.83. The van der Waals surface area contributed by atoms with Gasteiger partial charge in [-0.15, -0.1) is 0 Å². The van der Waals surface area contributed by atoms with Gasteiger partial charge in [-0.1, -0.05) is 18.2 Å². The lowest BCUT2D eigenvalue weighted by atomic mass is 10.1. The number of fused-ring (bicyclic) bond motifs is 1. The molecule has 0 bridgehead atoms. The van der Waals surface area contributed by atoms with E-state index in [2.05, 4.69) is 5.32 Å². The first-order valence-electron chi connectivity index (χ1n) is 11.5. The number of nitrogens with zero attached hydrogens (tertiary/aromatic N) is 3. The van der Waals surface area contributed by atoms with Gasteiger partial charge in [0.25, 0.3) is 0 Å². The van der Waals surface area contributed by atoms with Gasteiger partial charge in [-0.2, -0.15) is 0 Å². The highest BCUT2D eigenvalue weighted by Gasteiger charge is 2.24. The largest absolute Gasteiger partial charge is 0.372 e. The van der Waals surface area contributed by atoms with Gasteiger partial charge in [-0.25, -0.2) is 9.18 Å². The number of halogens is 1. The van der Waals surface area contributed by atoms with Crippen LogP contribution in [0.5, 0.6) is 0 Å². The molecule has 1 aliphatic heterocycles. The van der Waals surface area contributed by atoms with Gasteiger partial charge in [0.1, 0.15) is 5.82 Å². The van der Waals surface area contributed by atoms with Crippen LogP contribution in [0.2, 0.25) is 0 Å². The molecule has 4 rings (SSSR count). The Hall–Kier alpha value is -3.13. The highest BCUT2D eigenvalue weighted by molar-refractivity contribution is 5.78. The van der Waals surface area contributed by atoms with E-state index in [1.54, 1.807) is 15.2 Å². The van der Waals surface area contributed by atoms with Crippen LogP contribution < -0.4 is 15.9 Å². The highest BCUT2D eigenvalue weighted by atomic mass is 19.1. The monoisotopic (exact) mass is 454 g/mol. The first-order chi connectivity index (χ1) is 15.9. The lowest BCUT2D eigenvalue weighted by Gasteiger charge is -2.37. The van der Waals surface area contributed by atoms with Crippen LogP contribution in [0.1, 0.15) is 32.8 Å². The second kappa shape index (κ2) is 9.79. The Balaban J connectivity index is 1.36. The van der Waals surface area contributed by atoms with E-state index >= 15 is 0 Å². The van der Waals surface area contributed by atoms with Crippen molar-refractivity contribution in [2.45, 2.75) is 59.0 Å². The summed E-state index contributed by atoms with van der Waals surface area (Å²) in [5, 5.41) is 2.84. The Labute approximate surface area is 192 Å². The number of carbonyl (C=O) groups is 1. The molecular weight excluding hydrogens is 423 g/mol. The summed E-state index contributed by atoms with van der Waals surface area (Å²) in [7, 11) is 0. The molecule has 2 aromatic carbocycles. The van der Waals surface area contributed by atoms with E-state index in [-0.39, 0.29) is 42.6 Å². The predicted molar refractivity (Wildman–Crippen MR) is 127 cm³/mol. The fourth-order valence-corrected chi connectivity index (χ4v) is 4.59. The number of imidazole rings is 1. The number of anilines is 1. The Morgan fingerprint density at radius 2 is 1.76 bits per heavy atom. The van der Waals surface area contributed by atoms with Crippen molar-refractivity contribution in [3.05, 3.63) is 64.3 Å². The van der Waals surface area contributed by atoms with Gasteiger partial charge in [0.2, 0.25) is 5.91 Å². The molecule has 1 amide bonds. The Morgan fingerprint density at radius 1 is 1.09 bits per heavy atom. The third-order valence-electron chi connectivity index (χ3n) is 6.07. The summed E-state index contributed by atoms with van der Waals surface area (Å²) in [5.74, 6) is -0.488. The standard InChI is InChI=1S/C25H31FN4O3/c1-4-29-22-7-5-6-8-23(22)30(25(29)32)12-11-24(31)27-14-19-9-10-21(20(26)13-19)28-15-17(2)33-18(3)16-28/h5-10,13,17-18H,4,11-12,14-16H2,1-3H3,(H,27,31). The number of aryl methyl sites for hydroxylation is 2. The number of morpholine rings is 1. The number of carbonyl (C=O) groups excluding carboxylic acids is 1. The van der Waals surface area contributed by atoms with E-state index in [9.17, 15) is 14.0 Å². The van der Waals surface area contributed by atoms with Gasteiger partial charge in [-0.3, -0.25) is 13.9 Å². The maximum atomic E-state index is 14.8. The zero-order valence-corrected chi connectivity index (χ0v) is 19.4. The molecule has 8 heteroatoms. The van der Waals surface area contributed by atoms with Gasteiger partial charge in [0.15, 0.2) is 0 Å². The average molecular weight is 455 g/mol. The zero-order valence-electron chi connectivity index (χ0n) is 19.4. The minimum absolute atomic E-state index is 0.0472. The second-order valence-corrected chi connectivity index (χ2v) is 8.64. The SMILES string of the molecule is CCn1c(=O)n(CCC(=O)NCc2ccc(N3CC(C)OC(C)C3)c(F)c2)c2ccccc21. The van der Waals surface area contributed by atoms with E-state index in [4.69, 9.17) is 4.74 Å². The maximum Gasteiger partial charge on any atom is 0.329 e. The molecule has 7 nitrogen and oxygen atoms in total. The van der Waals surface area contributed by atoms with Crippen molar-refractivity contribution in [1.82, 2.24) is 14.5 Å². The van der Waals surface area contributed by atoms with Gasteiger partial charge in [0, 0.05) is 39.1 Å². The number of rotatable bonds is 7. The molecule has 1 aromatic heterocycles. The number of amides is 1. The molecule has 1 aliphatic rings. The van der Waals surface area contributed by atoms with E-state index in [0.29, 0.717) is 37.4 Å². The summed E-state index contributed by atoms with van der Waals surface area (Å²) in [6.07, 6.45) is 0.263. The highest BCUT2D eigenvalue weighted by Crippen LogP contribution is 2.24. The topological polar surface area (TPSA) is 68.5 Å². The van der Waals surface area contributed by atoms with Crippen LogP contribution in [-0.2, 0) is 29.2 Å². The van der Waals surface area contributed by atoms with Gasteiger partial charge < -0.3 is 15.0 Å².